The average molecular weight is 415 g/mol. The molecule has 2 aromatic carbocycles. The summed E-state index contributed by atoms with van der Waals surface area (Å²) in [5.74, 6) is -2.51. The fourth-order valence-electron chi connectivity index (χ4n) is 3.40. The molecule has 0 spiro atoms. The Labute approximate surface area is 173 Å². The average Bonchev–Trinajstić information content (AvgIpc) is 2.74. The highest BCUT2D eigenvalue weighted by atomic mass is 19.1. The maximum atomic E-state index is 13.1. The highest BCUT2D eigenvalue weighted by Gasteiger charge is 2.38. The van der Waals surface area contributed by atoms with Crippen LogP contribution in [0.4, 0.5) is 8.78 Å². The summed E-state index contributed by atoms with van der Waals surface area (Å²) in [5, 5.41) is 2.74. The molecule has 1 aliphatic heterocycles. The van der Waals surface area contributed by atoms with Crippen LogP contribution in [0.3, 0.4) is 0 Å². The molecule has 3 amide bonds. The molecule has 0 aromatic heterocycles. The Morgan fingerprint density at radius 1 is 0.933 bits per heavy atom. The van der Waals surface area contributed by atoms with E-state index in [2.05, 4.69) is 5.32 Å². The number of nitrogens with one attached hydrogen (secondary N) is 1. The van der Waals surface area contributed by atoms with Gasteiger partial charge in [-0.15, -0.1) is 0 Å². The Morgan fingerprint density at radius 2 is 1.50 bits per heavy atom. The number of hydrogen-bond donors (Lipinski definition) is 1. The first-order valence-corrected chi connectivity index (χ1v) is 9.75. The lowest BCUT2D eigenvalue weighted by Crippen LogP contribution is -2.59. The third-order valence-corrected chi connectivity index (χ3v) is 5.07. The zero-order valence-electron chi connectivity index (χ0n) is 16.6. The minimum atomic E-state index is -0.769. The number of hydrogen-bond acceptors (Lipinski definition) is 3. The number of benzene rings is 2. The summed E-state index contributed by atoms with van der Waals surface area (Å²) < 4.78 is 26.0. The van der Waals surface area contributed by atoms with Crippen molar-refractivity contribution in [1.82, 2.24) is 15.1 Å². The van der Waals surface area contributed by atoms with Gasteiger partial charge in [0.05, 0.1) is 0 Å². The van der Waals surface area contributed by atoms with E-state index in [1.165, 1.54) is 34.1 Å². The fourth-order valence-corrected chi connectivity index (χ4v) is 3.40. The second-order valence-corrected chi connectivity index (χ2v) is 7.12. The molecular formula is C22H23F2N3O3. The molecule has 0 unspecified atom stereocenters. The van der Waals surface area contributed by atoms with E-state index in [0.717, 1.165) is 11.1 Å². The lowest BCUT2D eigenvalue weighted by molar-refractivity contribution is -0.159. The van der Waals surface area contributed by atoms with Gasteiger partial charge in [-0.25, -0.2) is 8.78 Å². The standard InChI is InChI=1S/C22H23F2N3O3/c1-2-19(20(28)25-13-15-3-7-17(23)8-4-15)27-12-11-26(21(29)22(27)30)14-16-5-9-18(24)10-6-16/h3-10,19H,2,11-14H2,1H3,(H,25,28)/t19-/m1/s1. The van der Waals surface area contributed by atoms with Crippen LogP contribution in [0.5, 0.6) is 0 Å². The topological polar surface area (TPSA) is 69.7 Å². The van der Waals surface area contributed by atoms with Crippen LogP contribution in [0.25, 0.3) is 0 Å². The zero-order valence-corrected chi connectivity index (χ0v) is 16.6. The summed E-state index contributed by atoms with van der Waals surface area (Å²) in [5.41, 5.74) is 1.45. The first kappa shape index (κ1) is 21.4. The molecule has 3 rings (SSSR count). The Morgan fingerprint density at radius 3 is 2.07 bits per heavy atom. The van der Waals surface area contributed by atoms with E-state index in [1.54, 1.807) is 31.2 Å². The van der Waals surface area contributed by atoms with Gasteiger partial charge in [0.25, 0.3) is 0 Å². The van der Waals surface area contributed by atoms with Gasteiger partial charge in [0.2, 0.25) is 5.91 Å². The number of rotatable bonds is 7. The minimum Gasteiger partial charge on any atom is -0.350 e. The smallest absolute Gasteiger partial charge is 0.312 e. The molecule has 1 atom stereocenters. The molecule has 30 heavy (non-hydrogen) atoms. The summed E-state index contributed by atoms with van der Waals surface area (Å²) in [7, 11) is 0. The normalized spacial score (nSPS) is 15.3. The molecule has 0 bridgehead atoms. The van der Waals surface area contributed by atoms with Crippen LogP contribution in [0.2, 0.25) is 0 Å². The first-order chi connectivity index (χ1) is 14.4. The van der Waals surface area contributed by atoms with Crippen molar-refractivity contribution in [3.8, 4) is 0 Å². The first-order valence-electron chi connectivity index (χ1n) is 9.75. The van der Waals surface area contributed by atoms with Crippen LogP contribution in [0.1, 0.15) is 24.5 Å². The summed E-state index contributed by atoms with van der Waals surface area (Å²) in [6, 6.07) is 10.7. The molecule has 1 saturated heterocycles. The van der Waals surface area contributed by atoms with Crippen molar-refractivity contribution < 1.29 is 23.2 Å². The molecule has 0 radical (unpaired) electrons. The number of carbonyl (C=O) groups excluding carboxylic acids is 3. The molecule has 1 N–H and O–H groups in total. The summed E-state index contributed by atoms with van der Waals surface area (Å²) in [6.45, 7) is 2.68. The largest absolute Gasteiger partial charge is 0.350 e. The lowest BCUT2D eigenvalue weighted by Gasteiger charge is -2.37. The quantitative estimate of drug-likeness (QED) is 0.705. The maximum absolute atomic E-state index is 13.1. The van der Waals surface area contributed by atoms with Crippen LogP contribution < -0.4 is 5.32 Å². The fraction of sp³-hybridized carbons (Fsp3) is 0.318. The molecule has 158 valence electrons. The van der Waals surface area contributed by atoms with E-state index < -0.39 is 17.9 Å². The van der Waals surface area contributed by atoms with Crippen LogP contribution in [-0.4, -0.2) is 46.7 Å². The second kappa shape index (κ2) is 9.47. The Balaban J connectivity index is 1.60. The second-order valence-electron chi connectivity index (χ2n) is 7.12. The van der Waals surface area contributed by atoms with Crippen LogP contribution in [-0.2, 0) is 27.5 Å². The number of amides is 3. The third-order valence-electron chi connectivity index (χ3n) is 5.07. The van der Waals surface area contributed by atoms with Gasteiger partial charge in [-0.3, -0.25) is 14.4 Å². The Hall–Kier alpha value is -3.29. The van der Waals surface area contributed by atoms with Crippen molar-refractivity contribution in [1.29, 1.82) is 0 Å². The molecule has 6 nitrogen and oxygen atoms in total. The summed E-state index contributed by atoms with van der Waals surface area (Å²) in [4.78, 5) is 40.5. The van der Waals surface area contributed by atoms with Gasteiger partial charge in [-0.05, 0) is 41.8 Å². The van der Waals surface area contributed by atoms with Crippen molar-refractivity contribution in [3.05, 3.63) is 71.3 Å². The van der Waals surface area contributed by atoms with Gasteiger partial charge in [0, 0.05) is 26.2 Å². The van der Waals surface area contributed by atoms with Gasteiger partial charge in [0.15, 0.2) is 0 Å². The van der Waals surface area contributed by atoms with E-state index in [9.17, 15) is 23.2 Å². The molecule has 0 aliphatic carbocycles. The van der Waals surface area contributed by atoms with E-state index in [1.807, 2.05) is 0 Å². The van der Waals surface area contributed by atoms with E-state index in [0.29, 0.717) is 6.42 Å². The van der Waals surface area contributed by atoms with Crippen LogP contribution in [0.15, 0.2) is 48.5 Å². The number of piperazine rings is 1. The van der Waals surface area contributed by atoms with Crippen LogP contribution in [0, 0.1) is 11.6 Å². The lowest BCUT2D eigenvalue weighted by atomic mass is 10.1. The predicted octanol–water partition coefficient (Wildman–Crippen LogP) is 2.23. The molecule has 1 fully saturated rings. The van der Waals surface area contributed by atoms with Gasteiger partial charge in [0.1, 0.15) is 17.7 Å². The molecule has 2 aromatic rings. The number of carbonyl (C=O) groups is 3. The predicted molar refractivity (Wildman–Crippen MR) is 106 cm³/mol. The van der Waals surface area contributed by atoms with E-state index in [-0.39, 0.29) is 43.7 Å². The van der Waals surface area contributed by atoms with Gasteiger partial charge in [-0.2, -0.15) is 0 Å². The Kier molecular flexibility index (Phi) is 6.76. The third kappa shape index (κ3) is 5.00. The molecule has 0 saturated carbocycles. The molecule has 8 heteroatoms. The van der Waals surface area contributed by atoms with Gasteiger partial charge >= 0.3 is 11.8 Å². The van der Waals surface area contributed by atoms with Gasteiger partial charge in [-0.1, -0.05) is 31.2 Å². The number of nitrogens with zero attached hydrogens (tertiary/aromatic N) is 2. The zero-order chi connectivity index (χ0) is 21.7. The van der Waals surface area contributed by atoms with E-state index in [4.69, 9.17) is 0 Å². The highest BCUT2D eigenvalue weighted by Crippen LogP contribution is 2.15. The van der Waals surface area contributed by atoms with Crippen molar-refractivity contribution in [2.24, 2.45) is 0 Å². The maximum Gasteiger partial charge on any atom is 0.312 e. The molecular weight excluding hydrogens is 392 g/mol. The van der Waals surface area contributed by atoms with Crippen molar-refractivity contribution in [3.63, 3.8) is 0 Å². The molecule has 1 heterocycles. The summed E-state index contributed by atoms with van der Waals surface area (Å²) in [6.07, 6.45) is 0.353. The molecule has 1 aliphatic rings. The van der Waals surface area contributed by atoms with Gasteiger partial charge < -0.3 is 15.1 Å². The Bertz CT molecular complexity index is 916. The minimum absolute atomic E-state index is 0.197. The van der Waals surface area contributed by atoms with Crippen molar-refractivity contribution >= 4 is 17.7 Å². The highest BCUT2D eigenvalue weighted by molar-refractivity contribution is 6.35. The number of halogens is 2. The summed E-state index contributed by atoms with van der Waals surface area (Å²) >= 11 is 0. The van der Waals surface area contributed by atoms with E-state index >= 15 is 0 Å². The van der Waals surface area contributed by atoms with Crippen molar-refractivity contribution in [2.45, 2.75) is 32.5 Å². The van der Waals surface area contributed by atoms with Crippen LogP contribution >= 0.6 is 0 Å². The monoisotopic (exact) mass is 415 g/mol. The SMILES string of the molecule is CC[C@H](C(=O)NCc1ccc(F)cc1)N1CCN(Cc2ccc(F)cc2)C(=O)C1=O. The van der Waals surface area contributed by atoms with Crippen molar-refractivity contribution in [2.75, 3.05) is 13.1 Å².